The molecule has 0 radical (unpaired) electrons. The first-order chi connectivity index (χ1) is 6.74. The van der Waals surface area contributed by atoms with E-state index in [0.717, 1.165) is 18.8 Å². The average Bonchev–Trinajstić information content (AvgIpc) is 2.18. The highest BCUT2D eigenvalue weighted by Gasteiger charge is 1.98. The van der Waals surface area contributed by atoms with Crippen LogP contribution in [-0.4, -0.2) is 37.1 Å². The molecule has 0 aliphatic rings. The van der Waals surface area contributed by atoms with Gasteiger partial charge in [0.05, 0.1) is 5.69 Å². The van der Waals surface area contributed by atoms with E-state index >= 15 is 0 Å². The molecular formula is C11H15N3. The third-order valence-corrected chi connectivity index (χ3v) is 1.82. The fraction of sp³-hybridized carbons (Fsp3) is 0.364. The summed E-state index contributed by atoms with van der Waals surface area (Å²) >= 11 is 0. The summed E-state index contributed by atoms with van der Waals surface area (Å²) in [5.74, 6) is 2.55. The van der Waals surface area contributed by atoms with Crippen molar-refractivity contribution in [2.24, 2.45) is 0 Å². The fourth-order valence-corrected chi connectivity index (χ4v) is 1.08. The van der Waals surface area contributed by atoms with Gasteiger partial charge >= 0.3 is 0 Å². The van der Waals surface area contributed by atoms with Gasteiger partial charge < -0.3 is 10.2 Å². The summed E-state index contributed by atoms with van der Waals surface area (Å²) in [6, 6.07) is 3.82. The molecule has 3 nitrogen and oxygen atoms in total. The number of hydrogen-bond donors (Lipinski definition) is 1. The molecule has 1 N–H and O–H groups in total. The molecule has 14 heavy (non-hydrogen) atoms. The molecule has 0 atom stereocenters. The third kappa shape index (κ3) is 3.08. The summed E-state index contributed by atoms with van der Waals surface area (Å²) in [5.41, 5.74) is 1.60. The zero-order chi connectivity index (χ0) is 10.4. The molecule has 0 saturated carbocycles. The van der Waals surface area contributed by atoms with Gasteiger partial charge in [-0.2, -0.15) is 0 Å². The number of aromatic nitrogens is 1. The van der Waals surface area contributed by atoms with Crippen LogP contribution >= 0.6 is 0 Å². The molecule has 0 aromatic carbocycles. The van der Waals surface area contributed by atoms with E-state index < -0.39 is 0 Å². The van der Waals surface area contributed by atoms with E-state index in [0.29, 0.717) is 5.69 Å². The molecule has 0 aliphatic heterocycles. The van der Waals surface area contributed by atoms with Gasteiger partial charge in [0.1, 0.15) is 5.69 Å². The van der Waals surface area contributed by atoms with Crippen molar-refractivity contribution in [3.8, 4) is 12.3 Å². The van der Waals surface area contributed by atoms with Crippen molar-refractivity contribution in [1.29, 1.82) is 0 Å². The molecule has 1 aromatic rings. The van der Waals surface area contributed by atoms with Crippen molar-refractivity contribution < 1.29 is 0 Å². The number of terminal acetylenes is 1. The summed E-state index contributed by atoms with van der Waals surface area (Å²) in [4.78, 5) is 6.19. The van der Waals surface area contributed by atoms with Gasteiger partial charge in [-0.15, -0.1) is 6.42 Å². The number of pyridine rings is 1. The number of nitrogens with one attached hydrogen (secondary N) is 1. The molecule has 0 bridgehead atoms. The van der Waals surface area contributed by atoms with E-state index in [-0.39, 0.29) is 0 Å². The van der Waals surface area contributed by atoms with Gasteiger partial charge in [0.2, 0.25) is 0 Å². The number of nitrogens with zero attached hydrogens (tertiary/aromatic N) is 2. The molecule has 0 aliphatic carbocycles. The Bertz CT molecular complexity index is 326. The minimum absolute atomic E-state index is 0.672. The van der Waals surface area contributed by atoms with Crippen molar-refractivity contribution in [2.75, 3.05) is 32.5 Å². The molecule has 1 rings (SSSR count). The maximum absolute atomic E-state index is 5.32. The van der Waals surface area contributed by atoms with Gasteiger partial charge in [-0.1, -0.05) is 0 Å². The van der Waals surface area contributed by atoms with E-state index in [1.807, 2.05) is 26.2 Å². The Morgan fingerprint density at radius 2 is 2.36 bits per heavy atom. The summed E-state index contributed by atoms with van der Waals surface area (Å²) in [7, 11) is 4.07. The SMILES string of the molecule is C#Cc1ncccc1NCCN(C)C. The Morgan fingerprint density at radius 1 is 1.57 bits per heavy atom. The van der Waals surface area contributed by atoms with Gasteiger partial charge in [-0.3, -0.25) is 0 Å². The third-order valence-electron chi connectivity index (χ3n) is 1.82. The van der Waals surface area contributed by atoms with Crippen LogP contribution in [0.25, 0.3) is 0 Å². The van der Waals surface area contributed by atoms with Gasteiger partial charge in [-0.05, 0) is 32.1 Å². The molecule has 0 spiro atoms. The van der Waals surface area contributed by atoms with Crippen LogP contribution in [0.5, 0.6) is 0 Å². The minimum Gasteiger partial charge on any atom is -0.381 e. The van der Waals surface area contributed by atoms with Crippen LogP contribution in [0.4, 0.5) is 5.69 Å². The van der Waals surface area contributed by atoms with E-state index in [1.54, 1.807) is 6.20 Å². The van der Waals surface area contributed by atoms with E-state index in [4.69, 9.17) is 6.42 Å². The molecule has 0 amide bonds. The van der Waals surface area contributed by atoms with Crippen LogP contribution in [0, 0.1) is 12.3 Å². The standard InChI is InChI=1S/C11H15N3/c1-4-10-11(6-5-7-12-10)13-8-9-14(2)3/h1,5-7,13H,8-9H2,2-3H3. The van der Waals surface area contributed by atoms with E-state index in [1.165, 1.54) is 0 Å². The van der Waals surface area contributed by atoms with Gasteiger partial charge in [0.25, 0.3) is 0 Å². The van der Waals surface area contributed by atoms with Crippen LogP contribution in [0.3, 0.4) is 0 Å². The number of anilines is 1. The predicted molar refractivity (Wildman–Crippen MR) is 59.2 cm³/mol. The monoisotopic (exact) mass is 189 g/mol. The molecule has 1 heterocycles. The molecule has 74 valence electrons. The lowest BCUT2D eigenvalue weighted by atomic mass is 10.3. The largest absolute Gasteiger partial charge is 0.381 e. The lowest BCUT2D eigenvalue weighted by molar-refractivity contribution is 0.425. The smallest absolute Gasteiger partial charge is 0.135 e. The Kier molecular flexibility index (Phi) is 3.96. The lowest BCUT2D eigenvalue weighted by Gasteiger charge is -2.11. The highest BCUT2D eigenvalue weighted by Crippen LogP contribution is 2.09. The van der Waals surface area contributed by atoms with Crippen LogP contribution in [-0.2, 0) is 0 Å². The molecule has 0 saturated heterocycles. The Hall–Kier alpha value is -1.53. The summed E-state index contributed by atoms with van der Waals surface area (Å²) in [6.45, 7) is 1.84. The van der Waals surface area contributed by atoms with Gasteiger partial charge in [-0.25, -0.2) is 4.98 Å². The Morgan fingerprint density at radius 3 is 3.00 bits per heavy atom. The summed E-state index contributed by atoms with van der Waals surface area (Å²) in [6.07, 6.45) is 7.02. The first-order valence-corrected chi connectivity index (χ1v) is 4.54. The van der Waals surface area contributed by atoms with Crippen molar-refractivity contribution in [2.45, 2.75) is 0 Å². The van der Waals surface area contributed by atoms with E-state index in [2.05, 4.69) is 21.1 Å². The molecule has 0 unspecified atom stereocenters. The second kappa shape index (κ2) is 5.25. The van der Waals surface area contributed by atoms with Crippen LogP contribution < -0.4 is 5.32 Å². The summed E-state index contributed by atoms with van der Waals surface area (Å²) < 4.78 is 0. The second-order valence-corrected chi connectivity index (χ2v) is 3.27. The number of likely N-dealkylation sites (N-methyl/N-ethyl adjacent to an activating group) is 1. The normalized spacial score (nSPS) is 9.86. The Balaban J connectivity index is 2.54. The molecule has 3 heteroatoms. The quantitative estimate of drug-likeness (QED) is 0.717. The van der Waals surface area contributed by atoms with Crippen molar-refractivity contribution in [1.82, 2.24) is 9.88 Å². The first-order valence-electron chi connectivity index (χ1n) is 4.54. The van der Waals surface area contributed by atoms with Crippen LogP contribution in [0.15, 0.2) is 18.3 Å². The van der Waals surface area contributed by atoms with Crippen molar-refractivity contribution in [3.63, 3.8) is 0 Å². The number of hydrogen-bond acceptors (Lipinski definition) is 3. The minimum atomic E-state index is 0.672. The summed E-state index contributed by atoms with van der Waals surface area (Å²) in [5, 5.41) is 3.25. The van der Waals surface area contributed by atoms with Gasteiger partial charge in [0.15, 0.2) is 0 Å². The maximum atomic E-state index is 5.32. The van der Waals surface area contributed by atoms with Crippen LogP contribution in [0.1, 0.15) is 5.69 Å². The highest BCUT2D eigenvalue weighted by atomic mass is 15.1. The lowest BCUT2D eigenvalue weighted by Crippen LogP contribution is -2.21. The van der Waals surface area contributed by atoms with Gasteiger partial charge in [0, 0.05) is 19.3 Å². The number of rotatable bonds is 4. The van der Waals surface area contributed by atoms with Crippen molar-refractivity contribution in [3.05, 3.63) is 24.0 Å². The van der Waals surface area contributed by atoms with E-state index in [9.17, 15) is 0 Å². The topological polar surface area (TPSA) is 28.2 Å². The fourth-order valence-electron chi connectivity index (χ4n) is 1.08. The predicted octanol–water partition coefficient (Wildman–Crippen LogP) is 1.04. The molecular weight excluding hydrogens is 174 g/mol. The first kappa shape index (κ1) is 10.6. The zero-order valence-corrected chi connectivity index (χ0v) is 8.62. The maximum Gasteiger partial charge on any atom is 0.135 e. The average molecular weight is 189 g/mol. The highest BCUT2D eigenvalue weighted by molar-refractivity contribution is 5.54. The van der Waals surface area contributed by atoms with Crippen molar-refractivity contribution >= 4 is 5.69 Å². The molecule has 0 fully saturated rings. The van der Waals surface area contributed by atoms with Crippen LogP contribution in [0.2, 0.25) is 0 Å². The Labute approximate surface area is 85.1 Å². The second-order valence-electron chi connectivity index (χ2n) is 3.27. The zero-order valence-electron chi connectivity index (χ0n) is 8.62. The molecule has 1 aromatic heterocycles.